The van der Waals surface area contributed by atoms with E-state index in [2.05, 4.69) is 27.4 Å². The number of carbonyl (C=O) groups is 2. The Morgan fingerprint density at radius 2 is 1.91 bits per heavy atom. The van der Waals surface area contributed by atoms with Gasteiger partial charge in [0, 0.05) is 39.1 Å². The molecule has 0 bridgehead atoms. The molecule has 6 heteroatoms. The van der Waals surface area contributed by atoms with Crippen LogP contribution in [0.5, 0.6) is 0 Å². The van der Waals surface area contributed by atoms with Crippen LogP contribution in [0.3, 0.4) is 0 Å². The molecule has 0 aliphatic carbocycles. The second-order valence-electron chi connectivity index (χ2n) is 6.29. The molecular formula is C16H30N4O2. The minimum Gasteiger partial charge on any atom is -0.354 e. The number of piperazine rings is 1. The highest BCUT2D eigenvalue weighted by molar-refractivity contribution is 5.90. The number of nitrogens with one attached hydrogen (secondary N) is 2. The summed E-state index contributed by atoms with van der Waals surface area (Å²) >= 11 is 0. The molecule has 1 unspecified atom stereocenters. The Bertz CT molecular complexity index is 367. The van der Waals surface area contributed by atoms with E-state index in [1.807, 2.05) is 0 Å². The average molecular weight is 310 g/mol. The topological polar surface area (TPSA) is 64.7 Å². The number of rotatable bonds is 8. The van der Waals surface area contributed by atoms with Gasteiger partial charge in [-0.05, 0) is 32.4 Å². The predicted molar refractivity (Wildman–Crippen MR) is 86.6 cm³/mol. The molecule has 0 radical (unpaired) electrons. The molecule has 2 fully saturated rings. The Morgan fingerprint density at radius 1 is 1.18 bits per heavy atom. The summed E-state index contributed by atoms with van der Waals surface area (Å²) in [5, 5.41) is 5.62. The van der Waals surface area contributed by atoms with Crippen molar-refractivity contribution in [3.8, 4) is 0 Å². The zero-order chi connectivity index (χ0) is 15.8. The molecule has 2 rings (SSSR count). The van der Waals surface area contributed by atoms with Gasteiger partial charge in [0.1, 0.15) is 6.04 Å². The molecule has 2 N–H and O–H groups in total. The normalized spacial score (nSPS) is 23.5. The monoisotopic (exact) mass is 310 g/mol. The molecule has 1 atom stereocenters. The maximum Gasteiger partial charge on any atom is 0.242 e. The molecule has 2 heterocycles. The van der Waals surface area contributed by atoms with Gasteiger partial charge in [-0.3, -0.25) is 9.59 Å². The summed E-state index contributed by atoms with van der Waals surface area (Å²) in [5.41, 5.74) is 0. The first-order chi connectivity index (χ1) is 10.7. The molecule has 2 aliphatic rings. The molecule has 0 aromatic heterocycles. The zero-order valence-corrected chi connectivity index (χ0v) is 13.8. The summed E-state index contributed by atoms with van der Waals surface area (Å²) < 4.78 is 0. The Labute approximate surface area is 133 Å². The quantitative estimate of drug-likeness (QED) is 0.628. The van der Waals surface area contributed by atoms with Crippen LogP contribution in [0, 0.1) is 0 Å². The van der Waals surface area contributed by atoms with E-state index in [4.69, 9.17) is 0 Å². The van der Waals surface area contributed by atoms with Crippen LogP contribution in [0.15, 0.2) is 0 Å². The highest BCUT2D eigenvalue weighted by Gasteiger charge is 2.26. The Kier molecular flexibility index (Phi) is 7.12. The van der Waals surface area contributed by atoms with E-state index >= 15 is 0 Å². The van der Waals surface area contributed by atoms with Gasteiger partial charge in [0.05, 0.1) is 0 Å². The molecule has 0 aromatic carbocycles. The van der Waals surface area contributed by atoms with Crippen molar-refractivity contribution < 1.29 is 9.59 Å². The lowest BCUT2D eigenvalue weighted by molar-refractivity contribution is -0.125. The van der Waals surface area contributed by atoms with Crippen molar-refractivity contribution in [3.05, 3.63) is 0 Å². The second-order valence-corrected chi connectivity index (χ2v) is 6.29. The fourth-order valence-corrected chi connectivity index (χ4v) is 3.11. The van der Waals surface area contributed by atoms with E-state index in [1.54, 1.807) is 0 Å². The molecule has 126 valence electrons. The first-order valence-corrected chi connectivity index (χ1v) is 8.71. The highest BCUT2D eigenvalue weighted by atomic mass is 16.2. The maximum absolute atomic E-state index is 11.8. The Balaban J connectivity index is 1.44. The third kappa shape index (κ3) is 5.57. The van der Waals surface area contributed by atoms with Crippen molar-refractivity contribution in [3.63, 3.8) is 0 Å². The summed E-state index contributed by atoms with van der Waals surface area (Å²) in [4.78, 5) is 27.9. The van der Waals surface area contributed by atoms with E-state index in [0.717, 1.165) is 25.9 Å². The van der Waals surface area contributed by atoms with Gasteiger partial charge in [-0.25, -0.2) is 0 Å². The summed E-state index contributed by atoms with van der Waals surface area (Å²) in [5.74, 6) is -0.0372. The SMILES string of the molecule is CCN1CCN(CCCCCNC(=O)C2CCC(=O)N2)CC1. The standard InChI is InChI=1S/C16H30N4O2/c1-2-19-10-12-20(13-11-19)9-5-3-4-8-17-16(22)14-6-7-15(21)18-14/h14H,2-13H2,1H3,(H,17,22)(H,18,21). The first kappa shape index (κ1) is 17.2. The lowest BCUT2D eigenvalue weighted by atomic mass is 10.2. The molecule has 2 saturated heterocycles. The van der Waals surface area contributed by atoms with Crippen molar-refractivity contribution in [1.29, 1.82) is 0 Å². The smallest absolute Gasteiger partial charge is 0.242 e. The lowest BCUT2D eigenvalue weighted by Crippen LogP contribution is -2.46. The molecule has 2 aliphatic heterocycles. The van der Waals surface area contributed by atoms with Gasteiger partial charge in [0.25, 0.3) is 0 Å². The van der Waals surface area contributed by atoms with Crippen molar-refractivity contribution in [2.24, 2.45) is 0 Å². The van der Waals surface area contributed by atoms with Crippen molar-refractivity contribution in [2.75, 3.05) is 45.8 Å². The van der Waals surface area contributed by atoms with Crippen LogP contribution in [-0.2, 0) is 9.59 Å². The molecule has 2 amide bonds. The number of amides is 2. The summed E-state index contributed by atoms with van der Waals surface area (Å²) in [6.45, 7) is 10.0. The van der Waals surface area contributed by atoms with E-state index in [9.17, 15) is 9.59 Å². The van der Waals surface area contributed by atoms with Gasteiger partial charge in [0.15, 0.2) is 0 Å². The Morgan fingerprint density at radius 3 is 2.55 bits per heavy atom. The largest absolute Gasteiger partial charge is 0.354 e. The molecule has 0 saturated carbocycles. The van der Waals surface area contributed by atoms with Crippen LogP contribution in [0.4, 0.5) is 0 Å². The number of nitrogens with zero attached hydrogens (tertiary/aromatic N) is 2. The van der Waals surface area contributed by atoms with Gasteiger partial charge in [0.2, 0.25) is 11.8 Å². The summed E-state index contributed by atoms with van der Waals surface area (Å²) in [6.07, 6.45) is 4.46. The van der Waals surface area contributed by atoms with Crippen LogP contribution in [0.1, 0.15) is 39.0 Å². The van der Waals surface area contributed by atoms with Crippen LogP contribution in [-0.4, -0.2) is 73.5 Å². The van der Waals surface area contributed by atoms with Crippen molar-refractivity contribution >= 4 is 11.8 Å². The lowest BCUT2D eigenvalue weighted by Gasteiger charge is -2.33. The fraction of sp³-hybridized carbons (Fsp3) is 0.875. The molecule has 0 spiro atoms. The van der Waals surface area contributed by atoms with Crippen molar-refractivity contribution in [2.45, 2.75) is 45.1 Å². The molecule has 22 heavy (non-hydrogen) atoms. The number of likely N-dealkylation sites (N-methyl/N-ethyl adjacent to an activating group) is 1. The predicted octanol–water partition coefficient (Wildman–Crippen LogP) is 0.189. The van der Waals surface area contributed by atoms with Crippen molar-refractivity contribution in [1.82, 2.24) is 20.4 Å². The number of carbonyl (C=O) groups excluding carboxylic acids is 2. The number of hydrogen-bond acceptors (Lipinski definition) is 4. The third-order valence-electron chi connectivity index (χ3n) is 4.67. The summed E-state index contributed by atoms with van der Waals surface area (Å²) in [7, 11) is 0. The zero-order valence-electron chi connectivity index (χ0n) is 13.8. The highest BCUT2D eigenvalue weighted by Crippen LogP contribution is 2.07. The maximum atomic E-state index is 11.8. The number of unbranched alkanes of at least 4 members (excludes halogenated alkanes) is 2. The van der Waals surface area contributed by atoms with E-state index in [0.29, 0.717) is 12.8 Å². The first-order valence-electron chi connectivity index (χ1n) is 8.71. The fourth-order valence-electron chi connectivity index (χ4n) is 3.11. The van der Waals surface area contributed by atoms with Crippen LogP contribution < -0.4 is 10.6 Å². The van der Waals surface area contributed by atoms with Crippen LogP contribution in [0.2, 0.25) is 0 Å². The van der Waals surface area contributed by atoms with Gasteiger partial charge < -0.3 is 20.4 Å². The molecule has 6 nitrogen and oxygen atoms in total. The van der Waals surface area contributed by atoms with Crippen LogP contribution >= 0.6 is 0 Å². The Hall–Kier alpha value is -1.14. The van der Waals surface area contributed by atoms with E-state index in [-0.39, 0.29) is 17.9 Å². The van der Waals surface area contributed by atoms with E-state index < -0.39 is 0 Å². The minimum atomic E-state index is -0.303. The van der Waals surface area contributed by atoms with E-state index in [1.165, 1.54) is 39.1 Å². The average Bonchev–Trinajstić information content (AvgIpc) is 2.97. The van der Waals surface area contributed by atoms with Gasteiger partial charge in [-0.15, -0.1) is 0 Å². The van der Waals surface area contributed by atoms with Gasteiger partial charge >= 0.3 is 0 Å². The minimum absolute atomic E-state index is 0.0108. The molecule has 0 aromatic rings. The number of hydrogen-bond donors (Lipinski definition) is 2. The summed E-state index contributed by atoms with van der Waals surface area (Å²) in [6, 6.07) is -0.303. The second kappa shape index (κ2) is 9.10. The van der Waals surface area contributed by atoms with Gasteiger partial charge in [-0.2, -0.15) is 0 Å². The third-order valence-corrected chi connectivity index (χ3v) is 4.67. The van der Waals surface area contributed by atoms with Crippen LogP contribution in [0.25, 0.3) is 0 Å². The molecular weight excluding hydrogens is 280 g/mol. The van der Waals surface area contributed by atoms with Gasteiger partial charge in [-0.1, -0.05) is 13.3 Å².